The fourth-order valence-corrected chi connectivity index (χ4v) is 3.40. The highest BCUT2D eigenvalue weighted by atomic mass is 16.5. The molecule has 1 aliphatic heterocycles. The molecule has 1 aliphatic rings. The molecule has 3 amide bonds. The number of piperidine rings is 1. The molecule has 1 aromatic carbocycles. The number of rotatable bonds is 7. The van der Waals surface area contributed by atoms with Crippen molar-refractivity contribution in [2.45, 2.75) is 52.1 Å². The molecule has 0 spiro atoms. The third-order valence-corrected chi connectivity index (χ3v) is 5.11. The van der Waals surface area contributed by atoms with Crippen LogP contribution in [0, 0.1) is 5.92 Å². The molecule has 0 radical (unpaired) electrons. The van der Waals surface area contributed by atoms with Crippen molar-refractivity contribution in [3.63, 3.8) is 0 Å². The van der Waals surface area contributed by atoms with Crippen LogP contribution in [0.5, 0.6) is 5.75 Å². The molecule has 0 atom stereocenters. The molecule has 2 N–H and O–H groups in total. The number of hydrogen-bond acceptors (Lipinski definition) is 3. The second-order valence-electron chi connectivity index (χ2n) is 6.75. The van der Waals surface area contributed by atoms with E-state index in [9.17, 15) is 9.59 Å². The molecule has 26 heavy (non-hydrogen) atoms. The van der Waals surface area contributed by atoms with Crippen LogP contribution in [0.3, 0.4) is 0 Å². The Kier molecular flexibility index (Phi) is 7.75. The van der Waals surface area contributed by atoms with Crippen LogP contribution in [0.4, 0.5) is 4.79 Å². The van der Waals surface area contributed by atoms with Gasteiger partial charge in [0, 0.05) is 37.2 Å². The molecule has 6 nitrogen and oxygen atoms in total. The van der Waals surface area contributed by atoms with Crippen molar-refractivity contribution >= 4 is 11.9 Å². The van der Waals surface area contributed by atoms with Crippen LogP contribution in [0.25, 0.3) is 0 Å². The third-order valence-electron chi connectivity index (χ3n) is 5.11. The van der Waals surface area contributed by atoms with E-state index in [1.165, 1.54) is 0 Å². The van der Waals surface area contributed by atoms with E-state index in [1.807, 2.05) is 29.2 Å². The van der Waals surface area contributed by atoms with Crippen molar-refractivity contribution in [3.8, 4) is 5.75 Å². The lowest BCUT2D eigenvalue weighted by molar-refractivity contribution is -0.136. The van der Waals surface area contributed by atoms with E-state index in [4.69, 9.17) is 4.74 Å². The zero-order valence-electron chi connectivity index (χ0n) is 16.1. The van der Waals surface area contributed by atoms with Gasteiger partial charge < -0.3 is 20.3 Å². The highest BCUT2D eigenvalue weighted by molar-refractivity contribution is 5.79. The first kappa shape index (κ1) is 20.1. The van der Waals surface area contributed by atoms with E-state index in [2.05, 4.69) is 24.5 Å². The Balaban J connectivity index is 1.75. The maximum absolute atomic E-state index is 12.4. The lowest BCUT2D eigenvalue weighted by atomic mass is 9.98. The van der Waals surface area contributed by atoms with Gasteiger partial charge in [-0.1, -0.05) is 32.0 Å². The summed E-state index contributed by atoms with van der Waals surface area (Å²) in [5.41, 5.74) is 0.940. The molecule has 1 fully saturated rings. The second kappa shape index (κ2) is 10.0. The summed E-state index contributed by atoms with van der Waals surface area (Å²) >= 11 is 0. The van der Waals surface area contributed by atoms with Crippen molar-refractivity contribution in [3.05, 3.63) is 29.8 Å². The van der Waals surface area contributed by atoms with Crippen molar-refractivity contribution in [2.75, 3.05) is 20.2 Å². The molecule has 6 heteroatoms. The van der Waals surface area contributed by atoms with Gasteiger partial charge in [-0.05, 0) is 31.7 Å². The quantitative estimate of drug-likeness (QED) is 0.784. The van der Waals surface area contributed by atoms with E-state index in [-0.39, 0.29) is 23.9 Å². The van der Waals surface area contributed by atoms with E-state index in [0.29, 0.717) is 19.6 Å². The van der Waals surface area contributed by atoms with Crippen LogP contribution in [-0.2, 0) is 11.3 Å². The minimum atomic E-state index is -0.180. The standard InChI is InChI=1S/C20H31N3O3/c1-4-15(5-2)19(24)23-12-10-17(11-13-23)22-20(25)21-14-16-8-6-7-9-18(16)26-3/h6-9,15,17H,4-5,10-14H2,1-3H3,(H2,21,22,25). The average Bonchev–Trinajstić information content (AvgIpc) is 2.68. The number of amides is 3. The molecule has 144 valence electrons. The van der Waals surface area contributed by atoms with Gasteiger partial charge in [0.1, 0.15) is 5.75 Å². The maximum atomic E-state index is 12.4. The Morgan fingerprint density at radius 3 is 2.46 bits per heavy atom. The minimum Gasteiger partial charge on any atom is -0.496 e. The van der Waals surface area contributed by atoms with Crippen LogP contribution >= 0.6 is 0 Å². The molecular weight excluding hydrogens is 330 g/mol. The predicted octanol–water partition coefficient (Wildman–Crippen LogP) is 2.92. The number of methoxy groups -OCH3 is 1. The first-order valence-electron chi connectivity index (χ1n) is 9.54. The number of nitrogens with one attached hydrogen (secondary N) is 2. The Morgan fingerprint density at radius 1 is 1.19 bits per heavy atom. The largest absolute Gasteiger partial charge is 0.496 e. The summed E-state index contributed by atoms with van der Waals surface area (Å²) in [7, 11) is 1.62. The number of carbonyl (C=O) groups excluding carboxylic acids is 2. The van der Waals surface area contributed by atoms with Gasteiger partial charge in [-0.15, -0.1) is 0 Å². The van der Waals surface area contributed by atoms with Gasteiger partial charge in [-0.3, -0.25) is 4.79 Å². The van der Waals surface area contributed by atoms with Gasteiger partial charge in [0.25, 0.3) is 0 Å². The smallest absolute Gasteiger partial charge is 0.315 e. The normalized spacial score (nSPS) is 15.0. The monoisotopic (exact) mass is 361 g/mol. The van der Waals surface area contributed by atoms with Gasteiger partial charge in [-0.25, -0.2) is 4.79 Å². The fraction of sp³-hybridized carbons (Fsp3) is 0.600. The molecule has 0 unspecified atom stereocenters. The van der Waals surface area contributed by atoms with Crippen LogP contribution < -0.4 is 15.4 Å². The highest BCUT2D eigenvalue weighted by Crippen LogP contribution is 2.18. The van der Waals surface area contributed by atoms with E-state index in [1.54, 1.807) is 7.11 Å². The minimum absolute atomic E-state index is 0.110. The van der Waals surface area contributed by atoms with Gasteiger partial charge in [-0.2, -0.15) is 0 Å². The topological polar surface area (TPSA) is 70.7 Å². The third kappa shape index (κ3) is 5.38. The number of nitrogens with zero attached hydrogens (tertiary/aromatic N) is 1. The number of urea groups is 1. The molecule has 1 aromatic rings. The molecule has 0 aromatic heterocycles. The van der Waals surface area contributed by atoms with Gasteiger partial charge >= 0.3 is 6.03 Å². The number of likely N-dealkylation sites (tertiary alicyclic amines) is 1. The molecular formula is C20H31N3O3. The van der Waals surface area contributed by atoms with E-state index < -0.39 is 0 Å². The van der Waals surface area contributed by atoms with Gasteiger partial charge in [0.15, 0.2) is 0 Å². The summed E-state index contributed by atoms with van der Waals surface area (Å²) in [6.07, 6.45) is 3.37. The van der Waals surface area contributed by atoms with Crippen LogP contribution in [0.2, 0.25) is 0 Å². The Bertz CT molecular complexity index is 594. The molecule has 2 rings (SSSR count). The lowest BCUT2D eigenvalue weighted by Crippen LogP contribution is -2.50. The molecule has 0 saturated carbocycles. The second-order valence-corrected chi connectivity index (χ2v) is 6.75. The average molecular weight is 361 g/mol. The van der Waals surface area contributed by atoms with Crippen LogP contribution in [0.15, 0.2) is 24.3 Å². The summed E-state index contributed by atoms with van der Waals surface area (Å²) in [5, 5.41) is 5.90. The fourth-order valence-electron chi connectivity index (χ4n) is 3.40. The van der Waals surface area contributed by atoms with Gasteiger partial charge in [0.2, 0.25) is 5.91 Å². The Labute approximate surface area is 156 Å². The Hall–Kier alpha value is -2.24. The summed E-state index contributed by atoms with van der Waals surface area (Å²) in [6, 6.07) is 7.56. The first-order chi connectivity index (χ1) is 12.6. The zero-order chi connectivity index (χ0) is 18.9. The number of ether oxygens (including phenoxy) is 1. The van der Waals surface area contributed by atoms with Gasteiger partial charge in [0.05, 0.1) is 7.11 Å². The summed E-state index contributed by atoms with van der Waals surface area (Å²) < 4.78 is 5.29. The summed E-state index contributed by atoms with van der Waals surface area (Å²) in [5.74, 6) is 1.15. The number of carbonyl (C=O) groups is 2. The summed E-state index contributed by atoms with van der Waals surface area (Å²) in [6.45, 7) is 5.97. The van der Waals surface area contributed by atoms with Crippen molar-refractivity contribution in [1.82, 2.24) is 15.5 Å². The van der Waals surface area contributed by atoms with E-state index >= 15 is 0 Å². The Morgan fingerprint density at radius 2 is 1.85 bits per heavy atom. The molecule has 0 bridgehead atoms. The maximum Gasteiger partial charge on any atom is 0.315 e. The SMILES string of the molecule is CCC(CC)C(=O)N1CCC(NC(=O)NCc2ccccc2OC)CC1. The number of hydrogen-bond donors (Lipinski definition) is 2. The van der Waals surface area contributed by atoms with Crippen LogP contribution in [0.1, 0.15) is 45.1 Å². The predicted molar refractivity (Wildman–Crippen MR) is 102 cm³/mol. The molecule has 0 aliphatic carbocycles. The van der Waals surface area contributed by atoms with Crippen molar-refractivity contribution in [1.29, 1.82) is 0 Å². The van der Waals surface area contributed by atoms with Crippen LogP contribution in [-0.4, -0.2) is 43.1 Å². The number of para-hydroxylation sites is 1. The van der Waals surface area contributed by atoms with Crippen molar-refractivity contribution in [2.24, 2.45) is 5.92 Å². The van der Waals surface area contributed by atoms with Crippen molar-refractivity contribution < 1.29 is 14.3 Å². The molecule has 1 saturated heterocycles. The molecule has 1 heterocycles. The first-order valence-corrected chi connectivity index (χ1v) is 9.54. The summed E-state index contributed by atoms with van der Waals surface area (Å²) in [4.78, 5) is 26.5. The lowest BCUT2D eigenvalue weighted by Gasteiger charge is -2.34. The zero-order valence-corrected chi connectivity index (χ0v) is 16.1. The van der Waals surface area contributed by atoms with E-state index in [0.717, 1.165) is 37.0 Å². The number of benzene rings is 1. The highest BCUT2D eigenvalue weighted by Gasteiger charge is 2.27.